The lowest BCUT2D eigenvalue weighted by Crippen LogP contribution is -2.20. The summed E-state index contributed by atoms with van der Waals surface area (Å²) in [5, 5.41) is 2.62. The van der Waals surface area contributed by atoms with Gasteiger partial charge in [0.1, 0.15) is 0 Å². The van der Waals surface area contributed by atoms with E-state index >= 15 is 0 Å². The largest absolute Gasteiger partial charge is 0.353 e. The zero-order valence-electron chi connectivity index (χ0n) is 9.97. The van der Waals surface area contributed by atoms with E-state index in [0.717, 1.165) is 26.1 Å². The quantitative estimate of drug-likeness (QED) is 0.684. The van der Waals surface area contributed by atoms with Crippen LogP contribution in [0.4, 0.5) is 0 Å². The maximum Gasteiger partial charge on any atom is 0.243 e. The molecule has 1 amide bonds. The molecule has 0 rings (SSSR count). The highest BCUT2D eigenvalue weighted by Gasteiger charge is 1.86. The van der Waals surface area contributed by atoms with Crippen LogP contribution < -0.4 is 5.32 Å². The molecule has 0 aliphatic rings. The molecule has 0 aromatic heterocycles. The normalized spacial score (nSPS) is 8.93. The number of hydrogen-bond donors (Lipinski definition) is 1. The fraction of sp³-hybridized carbons (Fsp3) is 0.727. The Labute approximate surface area is 88.2 Å². The minimum atomic E-state index is -0.0909. The van der Waals surface area contributed by atoms with E-state index in [2.05, 4.69) is 37.7 Å². The lowest BCUT2D eigenvalue weighted by molar-refractivity contribution is -0.116. The summed E-state index contributed by atoms with van der Waals surface area (Å²) in [6, 6.07) is 0. The lowest BCUT2D eigenvalue weighted by atomic mass is 10.4. The van der Waals surface area contributed by atoms with Gasteiger partial charge >= 0.3 is 0 Å². The Bertz CT molecular complexity index is 142. The standard InChI is InChI=1S/C6H11NO.C5H13N/c1-3-5-7-6(8)4-2;1-4-6(3)5-2/h4H,2-3,5H2,1H3,(H,7,8);4-5H2,1-3H3. The Morgan fingerprint density at radius 2 is 1.86 bits per heavy atom. The van der Waals surface area contributed by atoms with E-state index < -0.39 is 0 Å². The molecule has 0 spiro atoms. The Kier molecular flexibility index (Phi) is 13.6. The van der Waals surface area contributed by atoms with Crippen LogP contribution in [-0.4, -0.2) is 37.5 Å². The van der Waals surface area contributed by atoms with Gasteiger partial charge in [-0.05, 0) is 32.6 Å². The van der Waals surface area contributed by atoms with Gasteiger partial charge in [0.25, 0.3) is 0 Å². The van der Waals surface area contributed by atoms with E-state index in [9.17, 15) is 4.79 Å². The molecule has 14 heavy (non-hydrogen) atoms. The van der Waals surface area contributed by atoms with Crippen LogP contribution in [0.5, 0.6) is 0 Å². The fourth-order valence-corrected chi connectivity index (χ4v) is 0.544. The number of nitrogens with one attached hydrogen (secondary N) is 1. The zero-order chi connectivity index (χ0) is 11.4. The van der Waals surface area contributed by atoms with Crippen molar-refractivity contribution in [2.24, 2.45) is 0 Å². The first-order chi connectivity index (χ1) is 6.62. The van der Waals surface area contributed by atoms with Crippen LogP contribution in [0.1, 0.15) is 27.2 Å². The summed E-state index contributed by atoms with van der Waals surface area (Å²) < 4.78 is 0. The minimum Gasteiger partial charge on any atom is -0.353 e. The molecule has 0 aromatic carbocycles. The van der Waals surface area contributed by atoms with Crippen LogP contribution >= 0.6 is 0 Å². The van der Waals surface area contributed by atoms with E-state index in [1.807, 2.05) is 6.92 Å². The topological polar surface area (TPSA) is 32.3 Å². The number of carbonyl (C=O) groups excluding carboxylic acids is 1. The maximum atomic E-state index is 10.3. The molecule has 0 radical (unpaired) electrons. The molecule has 0 aromatic rings. The predicted molar refractivity (Wildman–Crippen MR) is 62.3 cm³/mol. The highest BCUT2D eigenvalue weighted by atomic mass is 16.1. The van der Waals surface area contributed by atoms with Crippen LogP contribution in [0.15, 0.2) is 12.7 Å². The molecule has 3 heteroatoms. The van der Waals surface area contributed by atoms with Gasteiger partial charge in [0.2, 0.25) is 5.91 Å². The van der Waals surface area contributed by atoms with Crippen molar-refractivity contribution in [3.05, 3.63) is 12.7 Å². The monoisotopic (exact) mass is 200 g/mol. The number of hydrogen-bond acceptors (Lipinski definition) is 2. The van der Waals surface area contributed by atoms with Crippen molar-refractivity contribution < 1.29 is 4.79 Å². The summed E-state index contributed by atoms with van der Waals surface area (Å²) in [5.74, 6) is -0.0909. The summed E-state index contributed by atoms with van der Waals surface area (Å²) in [4.78, 5) is 12.6. The minimum absolute atomic E-state index is 0.0909. The summed E-state index contributed by atoms with van der Waals surface area (Å²) in [7, 11) is 2.11. The van der Waals surface area contributed by atoms with Crippen LogP contribution in [0.3, 0.4) is 0 Å². The average molecular weight is 200 g/mol. The first kappa shape index (κ1) is 15.6. The second kappa shape index (κ2) is 12.2. The lowest BCUT2D eigenvalue weighted by Gasteiger charge is -2.07. The Morgan fingerprint density at radius 3 is 2.07 bits per heavy atom. The molecule has 1 N–H and O–H groups in total. The van der Waals surface area contributed by atoms with E-state index in [1.54, 1.807) is 0 Å². The van der Waals surface area contributed by atoms with Gasteiger partial charge in [-0.15, -0.1) is 0 Å². The van der Waals surface area contributed by atoms with Gasteiger partial charge < -0.3 is 10.2 Å². The van der Waals surface area contributed by atoms with E-state index in [-0.39, 0.29) is 5.91 Å². The SMILES string of the molecule is C=CC(=O)NCCC.CCN(C)CC. The van der Waals surface area contributed by atoms with Gasteiger partial charge in [0, 0.05) is 6.54 Å². The van der Waals surface area contributed by atoms with E-state index in [1.165, 1.54) is 6.08 Å². The first-order valence-electron chi connectivity index (χ1n) is 5.21. The Morgan fingerprint density at radius 1 is 1.36 bits per heavy atom. The van der Waals surface area contributed by atoms with Gasteiger partial charge in [-0.3, -0.25) is 4.79 Å². The number of amides is 1. The molecule has 0 aliphatic carbocycles. The van der Waals surface area contributed by atoms with Gasteiger partial charge in [-0.1, -0.05) is 27.4 Å². The van der Waals surface area contributed by atoms with Crippen molar-refractivity contribution in [2.45, 2.75) is 27.2 Å². The highest BCUT2D eigenvalue weighted by Crippen LogP contribution is 1.73. The third-order valence-electron chi connectivity index (χ3n) is 1.81. The van der Waals surface area contributed by atoms with Crippen molar-refractivity contribution in [1.82, 2.24) is 10.2 Å². The highest BCUT2D eigenvalue weighted by molar-refractivity contribution is 5.86. The molecule has 3 nitrogen and oxygen atoms in total. The fourth-order valence-electron chi connectivity index (χ4n) is 0.544. The molecular weight excluding hydrogens is 176 g/mol. The van der Waals surface area contributed by atoms with Crippen molar-refractivity contribution in [3.63, 3.8) is 0 Å². The second-order valence-corrected chi connectivity index (χ2v) is 2.98. The second-order valence-electron chi connectivity index (χ2n) is 2.98. The number of rotatable bonds is 5. The summed E-state index contributed by atoms with van der Waals surface area (Å²) >= 11 is 0. The van der Waals surface area contributed by atoms with Crippen molar-refractivity contribution in [3.8, 4) is 0 Å². The van der Waals surface area contributed by atoms with Gasteiger partial charge in [-0.25, -0.2) is 0 Å². The molecule has 0 atom stereocenters. The van der Waals surface area contributed by atoms with Crippen molar-refractivity contribution in [2.75, 3.05) is 26.7 Å². The first-order valence-corrected chi connectivity index (χ1v) is 5.21. The molecule has 0 unspecified atom stereocenters. The number of nitrogens with zero attached hydrogens (tertiary/aromatic N) is 1. The molecule has 0 heterocycles. The molecule has 0 saturated carbocycles. The predicted octanol–water partition coefficient (Wildman–Crippen LogP) is 1.66. The molecule has 84 valence electrons. The van der Waals surface area contributed by atoms with Crippen LogP contribution in [0.2, 0.25) is 0 Å². The third-order valence-corrected chi connectivity index (χ3v) is 1.81. The van der Waals surface area contributed by atoms with Crippen LogP contribution in [-0.2, 0) is 4.79 Å². The Balaban J connectivity index is 0. The van der Waals surface area contributed by atoms with Crippen molar-refractivity contribution in [1.29, 1.82) is 0 Å². The average Bonchev–Trinajstić information content (AvgIpc) is 2.25. The van der Waals surface area contributed by atoms with E-state index in [0.29, 0.717) is 0 Å². The van der Waals surface area contributed by atoms with Crippen LogP contribution in [0, 0.1) is 0 Å². The van der Waals surface area contributed by atoms with Gasteiger partial charge in [0.05, 0.1) is 0 Å². The van der Waals surface area contributed by atoms with Crippen LogP contribution in [0.25, 0.3) is 0 Å². The maximum absolute atomic E-state index is 10.3. The summed E-state index contributed by atoms with van der Waals surface area (Å²) in [6.07, 6.45) is 2.25. The molecule has 0 saturated heterocycles. The van der Waals surface area contributed by atoms with Gasteiger partial charge in [-0.2, -0.15) is 0 Å². The summed E-state index contributed by atoms with van der Waals surface area (Å²) in [5.41, 5.74) is 0. The van der Waals surface area contributed by atoms with Gasteiger partial charge in [0.15, 0.2) is 0 Å². The van der Waals surface area contributed by atoms with Crippen molar-refractivity contribution >= 4 is 5.91 Å². The summed E-state index contributed by atoms with van der Waals surface area (Å²) in [6.45, 7) is 12.7. The molecular formula is C11H24N2O. The smallest absolute Gasteiger partial charge is 0.243 e. The number of carbonyl (C=O) groups is 1. The zero-order valence-corrected chi connectivity index (χ0v) is 9.97. The molecule has 0 fully saturated rings. The Hall–Kier alpha value is -0.830. The third kappa shape index (κ3) is 13.7. The molecule has 0 aliphatic heterocycles. The van der Waals surface area contributed by atoms with E-state index in [4.69, 9.17) is 0 Å². The molecule has 0 bridgehead atoms.